The van der Waals surface area contributed by atoms with Gasteiger partial charge in [-0.15, -0.1) is 0 Å². The lowest BCUT2D eigenvalue weighted by molar-refractivity contribution is -0.139. The first-order chi connectivity index (χ1) is 13.5. The van der Waals surface area contributed by atoms with Crippen molar-refractivity contribution in [2.75, 3.05) is 20.2 Å². The zero-order valence-electron chi connectivity index (χ0n) is 16.4. The predicted molar refractivity (Wildman–Crippen MR) is 111 cm³/mol. The van der Waals surface area contributed by atoms with Crippen LogP contribution in [-0.2, 0) is 11.3 Å². The molecule has 1 fully saturated rings. The van der Waals surface area contributed by atoms with Crippen LogP contribution in [0.2, 0.25) is 5.02 Å². The van der Waals surface area contributed by atoms with E-state index in [2.05, 4.69) is 5.32 Å². The Bertz CT molecular complexity index is 776. The Labute approximate surface area is 171 Å². The molecule has 0 bridgehead atoms. The summed E-state index contributed by atoms with van der Waals surface area (Å²) in [6.45, 7) is 3.98. The van der Waals surface area contributed by atoms with Crippen molar-refractivity contribution in [3.63, 3.8) is 0 Å². The van der Waals surface area contributed by atoms with E-state index in [9.17, 15) is 4.79 Å². The minimum atomic E-state index is -0.599. The monoisotopic (exact) mass is 402 g/mol. The van der Waals surface area contributed by atoms with Gasteiger partial charge in [-0.05, 0) is 62.2 Å². The number of rotatable bonds is 8. The average Bonchev–Trinajstić information content (AvgIpc) is 3.20. The fraction of sp³-hybridized carbons (Fsp3) is 0.409. The van der Waals surface area contributed by atoms with Crippen molar-refractivity contribution in [1.29, 1.82) is 0 Å². The lowest BCUT2D eigenvalue weighted by Gasteiger charge is -2.29. The summed E-state index contributed by atoms with van der Waals surface area (Å²) in [5.41, 5.74) is 1.06. The summed E-state index contributed by atoms with van der Waals surface area (Å²) in [6, 6.07) is 15.2. The van der Waals surface area contributed by atoms with E-state index in [1.165, 1.54) is 0 Å². The molecule has 0 radical (unpaired) electrons. The number of nitrogens with zero attached hydrogens (tertiary/aromatic N) is 1. The van der Waals surface area contributed by atoms with Crippen LogP contribution in [0.15, 0.2) is 48.5 Å². The van der Waals surface area contributed by atoms with Crippen molar-refractivity contribution in [2.45, 2.75) is 38.5 Å². The van der Waals surface area contributed by atoms with Crippen molar-refractivity contribution < 1.29 is 14.3 Å². The summed E-state index contributed by atoms with van der Waals surface area (Å²) < 4.78 is 11.1. The Kier molecular flexibility index (Phi) is 7.18. The zero-order valence-corrected chi connectivity index (χ0v) is 17.1. The third-order valence-electron chi connectivity index (χ3n) is 4.90. The number of hydrogen-bond acceptors (Lipinski definition) is 4. The van der Waals surface area contributed by atoms with Crippen LogP contribution >= 0.6 is 11.6 Å². The Morgan fingerprint density at radius 3 is 2.68 bits per heavy atom. The highest BCUT2D eigenvalue weighted by molar-refractivity contribution is 6.30. The number of carbonyl (C=O) groups excluding carboxylic acids is 1. The fourth-order valence-electron chi connectivity index (χ4n) is 3.41. The van der Waals surface area contributed by atoms with Crippen molar-refractivity contribution >= 4 is 17.5 Å². The molecule has 1 saturated heterocycles. The maximum absolute atomic E-state index is 13.2. The molecule has 28 heavy (non-hydrogen) atoms. The van der Waals surface area contributed by atoms with E-state index in [0.29, 0.717) is 29.9 Å². The molecule has 1 aliphatic rings. The Balaban J connectivity index is 1.71. The standard InChI is InChI=1S/C22H27ClN2O3/c1-16(28-21-7-3-5-18(23)13-21)22(26)25(15-19-6-4-12-24-19)14-17-8-10-20(27-2)11-9-17/h3,5,7-11,13,16,19,24H,4,6,12,14-15H2,1-2H3/t16?,19-/m1/s1. The van der Waals surface area contributed by atoms with Crippen LogP contribution in [-0.4, -0.2) is 43.2 Å². The third kappa shape index (κ3) is 5.63. The van der Waals surface area contributed by atoms with E-state index in [4.69, 9.17) is 21.1 Å². The van der Waals surface area contributed by atoms with Gasteiger partial charge in [0.15, 0.2) is 6.10 Å². The van der Waals surface area contributed by atoms with Crippen molar-refractivity contribution in [3.8, 4) is 11.5 Å². The first-order valence-electron chi connectivity index (χ1n) is 9.62. The lowest BCUT2D eigenvalue weighted by atomic mass is 10.1. The van der Waals surface area contributed by atoms with Gasteiger partial charge in [-0.25, -0.2) is 0 Å². The zero-order chi connectivity index (χ0) is 19.9. The van der Waals surface area contributed by atoms with Crippen molar-refractivity contribution in [2.24, 2.45) is 0 Å². The number of nitrogens with one attached hydrogen (secondary N) is 1. The Morgan fingerprint density at radius 1 is 1.25 bits per heavy atom. The summed E-state index contributed by atoms with van der Waals surface area (Å²) in [5, 5.41) is 4.06. The van der Waals surface area contributed by atoms with Crippen LogP contribution in [0.5, 0.6) is 11.5 Å². The molecule has 150 valence electrons. The van der Waals surface area contributed by atoms with Crippen molar-refractivity contribution in [3.05, 3.63) is 59.1 Å². The van der Waals surface area contributed by atoms with Gasteiger partial charge in [-0.3, -0.25) is 4.79 Å². The molecule has 1 unspecified atom stereocenters. The summed E-state index contributed by atoms with van der Waals surface area (Å²) in [6.07, 6.45) is 1.62. The molecule has 6 heteroatoms. The topological polar surface area (TPSA) is 50.8 Å². The molecule has 2 atom stereocenters. The van der Waals surface area contributed by atoms with E-state index in [1.54, 1.807) is 26.2 Å². The Morgan fingerprint density at radius 2 is 2.04 bits per heavy atom. The van der Waals surface area contributed by atoms with E-state index < -0.39 is 6.10 Å². The van der Waals surface area contributed by atoms with Crippen molar-refractivity contribution in [1.82, 2.24) is 10.2 Å². The minimum Gasteiger partial charge on any atom is -0.497 e. The summed E-state index contributed by atoms with van der Waals surface area (Å²) in [7, 11) is 1.64. The molecule has 2 aromatic rings. The summed E-state index contributed by atoms with van der Waals surface area (Å²) in [4.78, 5) is 15.0. The fourth-order valence-corrected chi connectivity index (χ4v) is 3.59. The molecular weight excluding hydrogens is 376 g/mol. The SMILES string of the molecule is COc1ccc(CN(C[C@H]2CCCN2)C(=O)C(C)Oc2cccc(Cl)c2)cc1. The Hall–Kier alpha value is -2.24. The summed E-state index contributed by atoms with van der Waals surface area (Å²) in [5.74, 6) is 1.36. The van der Waals surface area contributed by atoms with Crippen LogP contribution in [0.4, 0.5) is 0 Å². The second-order valence-electron chi connectivity index (χ2n) is 7.08. The molecule has 1 N–H and O–H groups in total. The van der Waals surface area contributed by atoms with Gasteiger partial charge in [-0.1, -0.05) is 29.8 Å². The number of carbonyl (C=O) groups is 1. The van der Waals surface area contributed by atoms with Gasteiger partial charge < -0.3 is 19.7 Å². The highest BCUT2D eigenvalue weighted by Gasteiger charge is 2.26. The molecule has 0 spiro atoms. The van der Waals surface area contributed by atoms with Gasteiger partial charge in [-0.2, -0.15) is 0 Å². The summed E-state index contributed by atoms with van der Waals surface area (Å²) >= 11 is 6.02. The molecule has 2 aromatic carbocycles. The number of amides is 1. The van der Waals surface area contributed by atoms with E-state index in [0.717, 1.165) is 30.7 Å². The predicted octanol–water partition coefficient (Wildman–Crippen LogP) is 3.90. The number of methoxy groups -OCH3 is 1. The maximum atomic E-state index is 13.2. The molecular formula is C22H27ClN2O3. The minimum absolute atomic E-state index is 0.0375. The number of halogens is 1. The number of ether oxygens (including phenoxy) is 2. The molecule has 3 rings (SSSR count). The van der Waals surface area contributed by atoms with Gasteiger partial charge in [0.05, 0.1) is 7.11 Å². The molecule has 1 heterocycles. The molecule has 1 aliphatic heterocycles. The first kappa shape index (κ1) is 20.5. The van der Waals surface area contributed by atoms with Crippen LogP contribution in [0.1, 0.15) is 25.3 Å². The van der Waals surface area contributed by atoms with Gasteiger partial charge in [0.2, 0.25) is 0 Å². The van der Waals surface area contributed by atoms with Gasteiger partial charge >= 0.3 is 0 Å². The average molecular weight is 403 g/mol. The van der Waals surface area contributed by atoms with Crippen LogP contribution < -0.4 is 14.8 Å². The van der Waals surface area contributed by atoms with Gasteiger partial charge in [0, 0.05) is 24.2 Å². The second kappa shape index (κ2) is 9.80. The number of hydrogen-bond donors (Lipinski definition) is 1. The van der Waals surface area contributed by atoms with Crippen LogP contribution in [0.25, 0.3) is 0 Å². The highest BCUT2D eigenvalue weighted by Crippen LogP contribution is 2.20. The number of benzene rings is 2. The lowest BCUT2D eigenvalue weighted by Crippen LogP contribution is -2.45. The van der Waals surface area contributed by atoms with Gasteiger partial charge in [0.1, 0.15) is 11.5 Å². The molecule has 0 saturated carbocycles. The maximum Gasteiger partial charge on any atom is 0.263 e. The van der Waals surface area contributed by atoms with Crippen LogP contribution in [0, 0.1) is 0 Å². The first-order valence-corrected chi connectivity index (χ1v) is 10.0. The van der Waals surface area contributed by atoms with Gasteiger partial charge in [0.25, 0.3) is 5.91 Å². The van der Waals surface area contributed by atoms with E-state index >= 15 is 0 Å². The molecule has 1 amide bonds. The van der Waals surface area contributed by atoms with Crippen LogP contribution in [0.3, 0.4) is 0 Å². The quantitative estimate of drug-likeness (QED) is 0.727. The third-order valence-corrected chi connectivity index (χ3v) is 5.14. The molecule has 0 aromatic heterocycles. The molecule has 5 nitrogen and oxygen atoms in total. The normalized spacial score (nSPS) is 17.2. The molecule has 0 aliphatic carbocycles. The van der Waals surface area contributed by atoms with E-state index in [1.807, 2.05) is 41.3 Å². The van der Waals surface area contributed by atoms with E-state index in [-0.39, 0.29) is 5.91 Å². The highest BCUT2D eigenvalue weighted by atomic mass is 35.5. The largest absolute Gasteiger partial charge is 0.497 e. The second-order valence-corrected chi connectivity index (χ2v) is 7.51. The smallest absolute Gasteiger partial charge is 0.263 e.